The maximum atomic E-state index is 13.7. The smallest absolute Gasteiger partial charge is 0.243 e. The zero-order valence-electron chi connectivity index (χ0n) is 21.7. The van der Waals surface area contributed by atoms with E-state index in [1.54, 1.807) is 24.1 Å². The predicted octanol–water partition coefficient (Wildman–Crippen LogP) is 5.48. The number of halogens is 1. The van der Waals surface area contributed by atoms with Crippen LogP contribution in [0.5, 0.6) is 5.75 Å². The Bertz CT molecular complexity index is 1140. The van der Waals surface area contributed by atoms with Crippen LogP contribution in [0.25, 0.3) is 0 Å². The van der Waals surface area contributed by atoms with E-state index in [1.807, 2.05) is 68.4 Å². The van der Waals surface area contributed by atoms with Crippen LogP contribution in [-0.2, 0) is 28.3 Å². The number of ether oxygens (including phenoxy) is 1. The number of hydrogen-bond acceptors (Lipinski definition) is 4. The monoisotopic (exact) mass is 522 g/mol. The zero-order chi connectivity index (χ0) is 26.6. The molecule has 1 N–H and O–H groups in total. The van der Waals surface area contributed by atoms with Gasteiger partial charge < -0.3 is 15.0 Å². The van der Waals surface area contributed by atoms with Crippen molar-refractivity contribution >= 4 is 23.6 Å². The minimum absolute atomic E-state index is 0.129. The Labute approximate surface area is 223 Å². The topological polar surface area (TPSA) is 58.6 Å². The lowest BCUT2D eigenvalue weighted by Crippen LogP contribution is -2.51. The first-order valence-corrected chi connectivity index (χ1v) is 13.6. The fraction of sp³-hybridized carbons (Fsp3) is 0.333. The van der Waals surface area contributed by atoms with Crippen LogP contribution in [0, 0.1) is 11.7 Å². The van der Waals surface area contributed by atoms with Crippen LogP contribution in [0.1, 0.15) is 30.5 Å². The average molecular weight is 523 g/mol. The first kappa shape index (κ1) is 28.3. The van der Waals surface area contributed by atoms with Crippen molar-refractivity contribution in [2.45, 2.75) is 38.6 Å². The number of rotatable bonds is 13. The van der Waals surface area contributed by atoms with Crippen molar-refractivity contribution in [3.8, 4) is 5.75 Å². The molecule has 7 heteroatoms. The lowest BCUT2D eigenvalue weighted by Gasteiger charge is -2.32. The lowest BCUT2D eigenvalue weighted by atomic mass is 10.0. The van der Waals surface area contributed by atoms with Gasteiger partial charge in [0.05, 0.1) is 12.9 Å². The van der Waals surface area contributed by atoms with Gasteiger partial charge in [-0.1, -0.05) is 68.4 Å². The molecule has 196 valence electrons. The second kappa shape index (κ2) is 14.4. The number of methoxy groups -OCH3 is 1. The van der Waals surface area contributed by atoms with Crippen LogP contribution in [0.2, 0.25) is 0 Å². The summed E-state index contributed by atoms with van der Waals surface area (Å²) in [4.78, 5) is 28.8. The van der Waals surface area contributed by atoms with E-state index in [2.05, 4.69) is 5.32 Å². The van der Waals surface area contributed by atoms with E-state index in [-0.39, 0.29) is 35.8 Å². The molecule has 37 heavy (non-hydrogen) atoms. The van der Waals surface area contributed by atoms with Crippen LogP contribution in [0.3, 0.4) is 0 Å². The third-order valence-corrected chi connectivity index (χ3v) is 6.84. The number of nitrogens with one attached hydrogen (secondary N) is 1. The Balaban J connectivity index is 1.85. The Hall–Kier alpha value is -3.32. The van der Waals surface area contributed by atoms with Gasteiger partial charge in [0.25, 0.3) is 0 Å². The molecular weight excluding hydrogens is 487 g/mol. The van der Waals surface area contributed by atoms with Crippen molar-refractivity contribution in [1.29, 1.82) is 0 Å². The summed E-state index contributed by atoms with van der Waals surface area (Å²) < 4.78 is 18.6. The predicted molar refractivity (Wildman–Crippen MR) is 148 cm³/mol. The molecule has 0 spiro atoms. The van der Waals surface area contributed by atoms with E-state index in [0.29, 0.717) is 24.5 Å². The van der Waals surface area contributed by atoms with Gasteiger partial charge in [-0.3, -0.25) is 9.59 Å². The summed E-state index contributed by atoms with van der Waals surface area (Å²) in [6, 6.07) is 22.9. The fourth-order valence-electron chi connectivity index (χ4n) is 3.86. The van der Waals surface area contributed by atoms with Gasteiger partial charge in [-0.2, -0.15) is 0 Å². The Morgan fingerprint density at radius 2 is 1.65 bits per heavy atom. The number of nitrogens with zero attached hydrogens (tertiary/aromatic N) is 1. The van der Waals surface area contributed by atoms with Gasteiger partial charge in [0, 0.05) is 25.3 Å². The molecule has 0 aliphatic heterocycles. The molecule has 3 aromatic carbocycles. The van der Waals surface area contributed by atoms with Crippen LogP contribution in [-0.4, -0.2) is 42.2 Å². The minimum Gasteiger partial charge on any atom is -0.497 e. The van der Waals surface area contributed by atoms with Gasteiger partial charge >= 0.3 is 0 Å². The molecule has 3 aromatic rings. The average Bonchev–Trinajstić information content (AvgIpc) is 2.91. The summed E-state index contributed by atoms with van der Waals surface area (Å²) in [6.07, 6.45) is 0.406. The summed E-state index contributed by atoms with van der Waals surface area (Å²) >= 11 is 1.45. The van der Waals surface area contributed by atoms with Crippen LogP contribution < -0.4 is 10.1 Å². The van der Waals surface area contributed by atoms with E-state index in [9.17, 15) is 14.0 Å². The summed E-state index contributed by atoms with van der Waals surface area (Å²) in [5.41, 5.74) is 2.80. The van der Waals surface area contributed by atoms with Crippen LogP contribution in [0.4, 0.5) is 4.39 Å². The summed E-state index contributed by atoms with van der Waals surface area (Å²) in [5.74, 6) is 1.17. The third kappa shape index (κ3) is 9.25. The molecule has 1 atom stereocenters. The third-order valence-electron chi connectivity index (χ3n) is 5.85. The summed E-state index contributed by atoms with van der Waals surface area (Å²) in [7, 11) is 1.60. The number of carbonyl (C=O) groups is 2. The Kier molecular flexibility index (Phi) is 11.0. The molecule has 0 bridgehead atoms. The number of amides is 2. The molecule has 0 saturated heterocycles. The number of thioether (sulfide) groups is 1. The molecular formula is C30H35FN2O3S. The van der Waals surface area contributed by atoms with Crippen molar-refractivity contribution in [2.75, 3.05) is 19.4 Å². The fourth-order valence-corrected chi connectivity index (χ4v) is 4.73. The number of hydrogen-bond donors (Lipinski definition) is 1. The summed E-state index contributed by atoms with van der Waals surface area (Å²) in [6.45, 7) is 4.89. The largest absolute Gasteiger partial charge is 0.497 e. The first-order valence-electron chi connectivity index (χ1n) is 12.4. The molecule has 3 rings (SSSR count). The Morgan fingerprint density at radius 1 is 0.946 bits per heavy atom. The second-order valence-electron chi connectivity index (χ2n) is 9.34. The molecule has 0 aliphatic rings. The van der Waals surface area contributed by atoms with Gasteiger partial charge in [-0.25, -0.2) is 4.39 Å². The van der Waals surface area contributed by atoms with E-state index in [0.717, 1.165) is 16.7 Å². The van der Waals surface area contributed by atoms with E-state index in [4.69, 9.17) is 4.74 Å². The molecule has 0 heterocycles. The standard InChI is InChI=1S/C30H35FN2O3S/c1-22(2)18-32-30(35)28(17-23-8-5-4-6-9-23)33(19-25-10-7-11-27(16-25)36-3)29(34)21-37-20-24-12-14-26(31)15-13-24/h4-16,22,28H,17-21H2,1-3H3,(H,32,35). The normalized spacial score (nSPS) is 11.7. The highest BCUT2D eigenvalue weighted by atomic mass is 32.2. The van der Waals surface area contributed by atoms with Crippen molar-refractivity contribution in [3.05, 3.63) is 101 Å². The summed E-state index contributed by atoms with van der Waals surface area (Å²) in [5, 5.41) is 3.03. The van der Waals surface area contributed by atoms with E-state index < -0.39 is 6.04 Å². The molecule has 0 aliphatic carbocycles. The van der Waals surface area contributed by atoms with E-state index >= 15 is 0 Å². The molecule has 2 amide bonds. The van der Waals surface area contributed by atoms with Gasteiger partial charge in [-0.15, -0.1) is 11.8 Å². The minimum atomic E-state index is -0.675. The molecule has 0 radical (unpaired) electrons. The quantitative estimate of drug-likeness (QED) is 0.323. The van der Waals surface area contributed by atoms with Crippen molar-refractivity contribution in [3.63, 3.8) is 0 Å². The van der Waals surface area contributed by atoms with Crippen LogP contribution >= 0.6 is 11.8 Å². The van der Waals surface area contributed by atoms with Gasteiger partial charge in [0.2, 0.25) is 11.8 Å². The highest BCUT2D eigenvalue weighted by molar-refractivity contribution is 7.99. The SMILES string of the molecule is COc1cccc(CN(C(=O)CSCc2ccc(F)cc2)C(Cc2ccccc2)C(=O)NCC(C)C)c1. The zero-order valence-corrected chi connectivity index (χ0v) is 22.5. The maximum Gasteiger partial charge on any atom is 0.243 e. The molecule has 0 fully saturated rings. The highest BCUT2D eigenvalue weighted by Crippen LogP contribution is 2.21. The highest BCUT2D eigenvalue weighted by Gasteiger charge is 2.30. The van der Waals surface area contributed by atoms with Gasteiger partial charge in [-0.05, 0) is 46.9 Å². The number of carbonyl (C=O) groups excluding carboxylic acids is 2. The molecule has 1 unspecified atom stereocenters. The molecule has 5 nitrogen and oxygen atoms in total. The molecule has 0 aromatic heterocycles. The first-order chi connectivity index (χ1) is 17.9. The number of benzene rings is 3. The van der Waals surface area contributed by atoms with E-state index in [1.165, 1.54) is 23.9 Å². The second-order valence-corrected chi connectivity index (χ2v) is 10.3. The van der Waals surface area contributed by atoms with Crippen molar-refractivity contribution in [1.82, 2.24) is 10.2 Å². The Morgan fingerprint density at radius 3 is 2.32 bits per heavy atom. The maximum absolute atomic E-state index is 13.7. The lowest BCUT2D eigenvalue weighted by molar-refractivity contribution is -0.139. The van der Waals surface area contributed by atoms with Crippen molar-refractivity contribution in [2.24, 2.45) is 5.92 Å². The molecule has 0 saturated carbocycles. The van der Waals surface area contributed by atoms with Crippen molar-refractivity contribution < 1.29 is 18.7 Å². The van der Waals surface area contributed by atoms with Crippen LogP contribution in [0.15, 0.2) is 78.9 Å². The van der Waals surface area contributed by atoms with Gasteiger partial charge in [0.15, 0.2) is 0 Å². The van der Waals surface area contributed by atoms with Gasteiger partial charge in [0.1, 0.15) is 17.6 Å².